The SMILES string of the molecule is C=CC1=C(C)/C(=C/C2=NC(=Cc3[nH]c(/C=C4\NC(=O)C(C=C)=C4C)c(C)c3CCC(=O)O)C(CCC(=O)O)=C2C)NC1=O. The third-order valence-electron chi connectivity index (χ3n) is 7.88. The van der Waals surface area contributed by atoms with Crippen molar-refractivity contribution in [2.45, 2.75) is 53.4 Å². The molecule has 1 aromatic heterocycles. The predicted molar refractivity (Wildman–Crippen MR) is 165 cm³/mol. The number of H-pyrrole nitrogens is 1. The molecule has 0 aromatic carbocycles. The van der Waals surface area contributed by atoms with E-state index in [0.717, 1.165) is 33.4 Å². The lowest BCUT2D eigenvalue weighted by Gasteiger charge is -2.06. The first kappa shape index (κ1) is 30.7. The van der Waals surface area contributed by atoms with Crippen LogP contribution in [0.2, 0.25) is 0 Å². The Morgan fingerprint density at radius 2 is 1.30 bits per heavy atom. The predicted octanol–water partition coefficient (Wildman–Crippen LogP) is 4.81. The summed E-state index contributed by atoms with van der Waals surface area (Å²) in [5, 5.41) is 24.5. The minimum atomic E-state index is -0.948. The fraction of sp³-hybridized carbons (Fsp3) is 0.242. The van der Waals surface area contributed by atoms with Gasteiger partial charge >= 0.3 is 11.9 Å². The van der Waals surface area contributed by atoms with Crippen LogP contribution in [0.5, 0.6) is 0 Å². The number of aliphatic carboxylic acids is 2. The van der Waals surface area contributed by atoms with E-state index >= 15 is 0 Å². The molecule has 0 atom stereocenters. The molecule has 1 aromatic rings. The van der Waals surface area contributed by atoms with E-state index in [1.165, 1.54) is 12.2 Å². The van der Waals surface area contributed by atoms with Crippen molar-refractivity contribution in [3.05, 3.63) is 104 Å². The Hall–Kier alpha value is -5.25. The maximum atomic E-state index is 12.3. The molecule has 0 radical (unpaired) electrons. The summed E-state index contributed by atoms with van der Waals surface area (Å²) < 4.78 is 0. The van der Waals surface area contributed by atoms with Gasteiger partial charge in [-0.3, -0.25) is 19.2 Å². The highest BCUT2D eigenvalue weighted by Gasteiger charge is 2.27. The number of carbonyl (C=O) groups excluding carboxylic acids is 2. The molecule has 2 amide bonds. The molecule has 10 heteroatoms. The largest absolute Gasteiger partial charge is 0.481 e. The Morgan fingerprint density at radius 3 is 1.81 bits per heavy atom. The van der Waals surface area contributed by atoms with Gasteiger partial charge in [0.15, 0.2) is 0 Å². The number of carboxylic acid groups (broad SMARTS) is 2. The number of aliphatic imine (C=N–C) groups is 1. The van der Waals surface area contributed by atoms with Crippen LogP contribution in [0.4, 0.5) is 0 Å². The average Bonchev–Trinajstić information content (AvgIpc) is 3.58. The van der Waals surface area contributed by atoms with Crippen LogP contribution in [0, 0.1) is 6.92 Å². The van der Waals surface area contributed by atoms with Crippen LogP contribution in [0.15, 0.2) is 86.9 Å². The summed E-state index contributed by atoms with van der Waals surface area (Å²) in [6.07, 6.45) is 8.64. The Labute approximate surface area is 249 Å². The Bertz CT molecular complexity index is 1720. The number of amides is 2. The fourth-order valence-corrected chi connectivity index (χ4v) is 5.33. The molecule has 4 heterocycles. The third kappa shape index (κ3) is 6.18. The summed E-state index contributed by atoms with van der Waals surface area (Å²) >= 11 is 0. The van der Waals surface area contributed by atoms with Crippen molar-refractivity contribution in [3.63, 3.8) is 0 Å². The van der Waals surface area contributed by atoms with Crippen molar-refractivity contribution in [1.82, 2.24) is 15.6 Å². The van der Waals surface area contributed by atoms with Crippen molar-refractivity contribution >= 4 is 41.6 Å². The second kappa shape index (κ2) is 12.3. The van der Waals surface area contributed by atoms with Crippen LogP contribution in [0.1, 0.15) is 62.5 Å². The molecule has 0 unspecified atom stereocenters. The number of allylic oxidation sites excluding steroid dienone is 5. The van der Waals surface area contributed by atoms with Gasteiger partial charge in [0.05, 0.1) is 11.4 Å². The van der Waals surface area contributed by atoms with Crippen LogP contribution >= 0.6 is 0 Å². The molecule has 10 nitrogen and oxygen atoms in total. The highest BCUT2D eigenvalue weighted by atomic mass is 16.4. The van der Waals surface area contributed by atoms with Gasteiger partial charge in [-0.05, 0) is 92.2 Å². The number of carboxylic acids is 2. The summed E-state index contributed by atoms with van der Waals surface area (Å²) in [5.41, 5.74) is 9.18. The van der Waals surface area contributed by atoms with Gasteiger partial charge in [-0.1, -0.05) is 25.3 Å². The number of hydrogen-bond donors (Lipinski definition) is 5. The molecule has 0 spiro atoms. The van der Waals surface area contributed by atoms with Crippen LogP contribution in [0.25, 0.3) is 12.2 Å². The van der Waals surface area contributed by atoms with E-state index < -0.39 is 11.9 Å². The molecule has 3 aliphatic rings. The lowest BCUT2D eigenvalue weighted by molar-refractivity contribution is -0.138. The van der Waals surface area contributed by atoms with Gasteiger partial charge in [-0.15, -0.1) is 0 Å². The summed E-state index contributed by atoms with van der Waals surface area (Å²) in [4.78, 5) is 55.8. The molecule has 0 fully saturated rings. The van der Waals surface area contributed by atoms with E-state index in [1.54, 1.807) is 18.2 Å². The first-order valence-corrected chi connectivity index (χ1v) is 13.8. The van der Waals surface area contributed by atoms with Crippen LogP contribution in [0.3, 0.4) is 0 Å². The molecule has 4 rings (SSSR count). The smallest absolute Gasteiger partial charge is 0.303 e. The molecule has 5 N–H and O–H groups in total. The monoisotopic (exact) mass is 582 g/mol. The van der Waals surface area contributed by atoms with Gasteiger partial charge in [0.2, 0.25) is 0 Å². The molecule has 0 aliphatic carbocycles. The third-order valence-corrected chi connectivity index (χ3v) is 7.88. The van der Waals surface area contributed by atoms with Crippen LogP contribution in [-0.4, -0.2) is 44.7 Å². The van der Waals surface area contributed by atoms with Crippen molar-refractivity contribution < 1.29 is 29.4 Å². The van der Waals surface area contributed by atoms with Gasteiger partial charge in [0.25, 0.3) is 11.8 Å². The summed E-state index contributed by atoms with van der Waals surface area (Å²) in [6.45, 7) is 14.8. The standard InChI is InChI=1S/C33H34N4O6/c1-7-20-16(3)26(36-32(20)42)13-24-18(5)22(9-11-30(38)39)28(34-24)15-29-23(10-12-31(40)41)19(6)25(35-29)14-27-17(4)21(8-2)33(43)37-27/h7-8,13-15,34H,1-2,9-12H2,3-6H3,(H,36,42)(H,37,43)(H,38,39)(H,40,41)/b26-13-,27-14-,29-15?. The van der Waals surface area contributed by atoms with Crippen LogP contribution in [-0.2, 0) is 25.6 Å². The summed E-state index contributed by atoms with van der Waals surface area (Å²) in [7, 11) is 0. The number of hydrogen-bond acceptors (Lipinski definition) is 5. The van der Waals surface area contributed by atoms with Gasteiger partial charge in [-0.25, -0.2) is 4.99 Å². The topological polar surface area (TPSA) is 161 Å². The van der Waals surface area contributed by atoms with E-state index in [9.17, 15) is 29.4 Å². The van der Waals surface area contributed by atoms with Gasteiger partial charge < -0.3 is 25.8 Å². The molecule has 0 saturated carbocycles. The molecule has 0 saturated heterocycles. The van der Waals surface area contributed by atoms with E-state index in [2.05, 4.69) is 28.8 Å². The normalized spacial score (nSPS) is 19.6. The highest BCUT2D eigenvalue weighted by Crippen LogP contribution is 2.34. The minimum Gasteiger partial charge on any atom is -0.481 e. The molecular weight excluding hydrogens is 548 g/mol. The van der Waals surface area contributed by atoms with Crippen LogP contribution < -0.4 is 10.6 Å². The first-order chi connectivity index (χ1) is 20.4. The quantitative estimate of drug-likeness (QED) is 0.252. The minimum absolute atomic E-state index is 0.0978. The zero-order valence-corrected chi connectivity index (χ0v) is 24.6. The second-order valence-corrected chi connectivity index (χ2v) is 10.5. The maximum absolute atomic E-state index is 12.3. The lowest BCUT2D eigenvalue weighted by atomic mass is 9.98. The number of nitrogens with one attached hydrogen (secondary N) is 3. The maximum Gasteiger partial charge on any atom is 0.303 e. The number of nitrogens with zero attached hydrogens (tertiary/aromatic N) is 1. The van der Waals surface area contributed by atoms with E-state index in [0.29, 0.717) is 45.3 Å². The number of aromatic nitrogens is 1. The summed E-state index contributed by atoms with van der Waals surface area (Å²) in [5.74, 6) is -2.39. The average molecular weight is 583 g/mol. The van der Waals surface area contributed by atoms with Gasteiger partial charge in [0, 0.05) is 46.8 Å². The lowest BCUT2D eigenvalue weighted by Crippen LogP contribution is -2.16. The molecule has 222 valence electrons. The number of aromatic amines is 1. The molecular formula is C33H34N4O6. The molecule has 43 heavy (non-hydrogen) atoms. The van der Waals surface area contributed by atoms with Crippen molar-refractivity contribution in [2.75, 3.05) is 0 Å². The van der Waals surface area contributed by atoms with Crippen molar-refractivity contribution in [2.24, 2.45) is 4.99 Å². The number of carbonyl (C=O) groups is 4. The Balaban J connectivity index is 1.84. The number of rotatable bonds is 11. The van der Waals surface area contributed by atoms with Crippen molar-refractivity contribution in [1.29, 1.82) is 0 Å². The van der Waals surface area contributed by atoms with Gasteiger partial charge in [0.1, 0.15) is 0 Å². The van der Waals surface area contributed by atoms with E-state index in [1.807, 2.05) is 27.7 Å². The van der Waals surface area contributed by atoms with E-state index in [-0.39, 0.29) is 37.5 Å². The highest BCUT2D eigenvalue weighted by molar-refractivity contribution is 6.14. The first-order valence-electron chi connectivity index (χ1n) is 13.8. The van der Waals surface area contributed by atoms with E-state index in [4.69, 9.17) is 4.99 Å². The molecule has 3 aliphatic heterocycles. The van der Waals surface area contributed by atoms with Gasteiger partial charge in [-0.2, -0.15) is 0 Å². The summed E-state index contributed by atoms with van der Waals surface area (Å²) in [6, 6.07) is 0. The zero-order valence-electron chi connectivity index (χ0n) is 24.6. The second-order valence-electron chi connectivity index (χ2n) is 10.5. The van der Waals surface area contributed by atoms with Crippen molar-refractivity contribution in [3.8, 4) is 0 Å². The Morgan fingerprint density at radius 1 is 0.767 bits per heavy atom. The molecule has 0 bridgehead atoms. The Kier molecular flexibility index (Phi) is 8.80. The zero-order chi connectivity index (χ0) is 31.6. The fourth-order valence-electron chi connectivity index (χ4n) is 5.33.